The molecule has 4 atom stereocenters. The maximum Gasteiger partial charge on any atom is 0.338 e. The highest BCUT2D eigenvalue weighted by atomic mass is 35.5. The smallest absolute Gasteiger partial charge is 0.338 e. The molecule has 0 saturated heterocycles. The molecule has 23 heavy (non-hydrogen) atoms. The minimum Gasteiger partial charge on any atom is -0.459 e. The number of aliphatic hydroxyl groups is 2. The fourth-order valence-electron chi connectivity index (χ4n) is 2.23. The van der Waals surface area contributed by atoms with Crippen molar-refractivity contribution >= 4 is 23.5 Å². The van der Waals surface area contributed by atoms with Gasteiger partial charge in [0, 0.05) is 6.92 Å². The Kier molecular flexibility index (Phi) is 5.41. The Bertz CT molecular complexity index is 602. The van der Waals surface area contributed by atoms with Crippen LogP contribution in [0.15, 0.2) is 42.5 Å². The molecule has 2 N–H and O–H groups in total. The van der Waals surface area contributed by atoms with Gasteiger partial charge in [-0.1, -0.05) is 24.3 Å². The molecule has 0 unspecified atom stereocenters. The molecule has 2 rings (SSSR count). The minimum absolute atomic E-state index is 0.305. The van der Waals surface area contributed by atoms with E-state index in [1.807, 2.05) is 0 Å². The third kappa shape index (κ3) is 3.90. The summed E-state index contributed by atoms with van der Waals surface area (Å²) in [5.41, 5.74) is -1.67. The van der Waals surface area contributed by atoms with Gasteiger partial charge in [0.25, 0.3) is 0 Å². The normalized spacial score (nSPS) is 29.8. The summed E-state index contributed by atoms with van der Waals surface area (Å²) in [5.74, 6) is -1.27. The molecule has 0 bridgehead atoms. The van der Waals surface area contributed by atoms with Crippen molar-refractivity contribution in [2.75, 3.05) is 6.61 Å². The van der Waals surface area contributed by atoms with E-state index in [4.69, 9.17) is 21.1 Å². The highest BCUT2D eigenvalue weighted by Gasteiger charge is 2.49. The lowest BCUT2D eigenvalue weighted by atomic mass is 9.84. The third-order valence-corrected chi connectivity index (χ3v) is 4.04. The number of hydrogen-bond donors (Lipinski definition) is 2. The van der Waals surface area contributed by atoms with Crippen LogP contribution in [0.4, 0.5) is 0 Å². The zero-order valence-corrected chi connectivity index (χ0v) is 13.1. The molecular formula is C16H17ClO6. The average molecular weight is 341 g/mol. The Morgan fingerprint density at radius 3 is 2.52 bits per heavy atom. The topological polar surface area (TPSA) is 93.1 Å². The van der Waals surface area contributed by atoms with Crippen molar-refractivity contribution in [3.63, 3.8) is 0 Å². The number of hydrogen-bond acceptors (Lipinski definition) is 6. The Hall–Kier alpha value is -1.89. The number of alkyl halides is 1. The van der Waals surface area contributed by atoms with Gasteiger partial charge in [-0.05, 0) is 18.2 Å². The van der Waals surface area contributed by atoms with Crippen molar-refractivity contribution in [3.05, 3.63) is 48.0 Å². The van der Waals surface area contributed by atoms with Crippen LogP contribution in [0, 0.1) is 0 Å². The summed E-state index contributed by atoms with van der Waals surface area (Å²) in [5, 5.41) is 19.8. The van der Waals surface area contributed by atoms with Crippen molar-refractivity contribution in [2.24, 2.45) is 0 Å². The molecule has 0 saturated carbocycles. The van der Waals surface area contributed by atoms with E-state index < -0.39 is 41.7 Å². The first-order valence-corrected chi connectivity index (χ1v) is 7.40. The second-order valence-corrected chi connectivity index (χ2v) is 5.71. The number of halogens is 1. The van der Waals surface area contributed by atoms with Crippen LogP contribution in [0.25, 0.3) is 0 Å². The quantitative estimate of drug-likeness (QED) is 0.483. The monoisotopic (exact) mass is 340 g/mol. The van der Waals surface area contributed by atoms with E-state index in [0.717, 1.165) is 0 Å². The molecule has 1 aromatic rings. The maximum atomic E-state index is 11.9. The second-order valence-electron chi connectivity index (χ2n) is 5.24. The first-order chi connectivity index (χ1) is 10.8. The fourth-order valence-corrected chi connectivity index (χ4v) is 2.50. The van der Waals surface area contributed by atoms with Gasteiger partial charge in [0.1, 0.15) is 24.4 Å². The number of aliphatic hydroxyl groups excluding tert-OH is 1. The zero-order valence-electron chi connectivity index (χ0n) is 12.4. The largest absolute Gasteiger partial charge is 0.459 e. The number of carbonyl (C=O) groups excluding carboxylic acids is 2. The Balaban J connectivity index is 2.08. The van der Waals surface area contributed by atoms with Gasteiger partial charge in [0.15, 0.2) is 0 Å². The summed E-state index contributed by atoms with van der Waals surface area (Å²) in [6.07, 6.45) is 0.181. The number of carbonyl (C=O) groups is 2. The van der Waals surface area contributed by atoms with Crippen LogP contribution in [0.2, 0.25) is 0 Å². The van der Waals surface area contributed by atoms with Gasteiger partial charge >= 0.3 is 11.9 Å². The van der Waals surface area contributed by atoms with Gasteiger partial charge in [-0.15, -0.1) is 11.6 Å². The molecular weight excluding hydrogens is 324 g/mol. The van der Waals surface area contributed by atoms with E-state index in [9.17, 15) is 19.8 Å². The van der Waals surface area contributed by atoms with Crippen molar-refractivity contribution in [2.45, 2.75) is 30.1 Å². The van der Waals surface area contributed by atoms with Gasteiger partial charge in [0.2, 0.25) is 0 Å². The van der Waals surface area contributed by atoms with E-state index in [-0.39, 0.29) is 0 Å². The van der Waals surface area contributed by atoms with Crippen LogP contribution < -0.4 is 0 Å². The summed E-state index contributed by atoms with van der Waals surface area (Å²) in [6, 6.07) is 8.21. The van der Waals surface area contributed by atoms with E-state index in [1.165, 1.54) is 19.1 Å². The van der Waals surface area contributed by atoms with Gasteiger partial charge in [-0.25, -0.2) is 4.79 Å². The van der Waals surface area contributed by atoms with Gasteiger partial charge in [-0.3, -0.25) is 4.79 Å². The molecule has 0 aliphatic heterocycles. The molecule has 0 aromatic heterocycles. The van der Waals surface area contributed by atoms with Crippen LogP contribution in [-0.4, -0.2) is 51.9 Å². The van der Waals surface area contributed by atoms with Gasteiger partial charge < -0.3 is 19.7 Å². The molecule has 1 aromatic carbocycles. The lowest BCUT2D eigenvalue weighted by molar-refractivity contribution is -0.169. The van der Waals surface area contributed by atoms with Crippen molar-refractivity contribution < 1.29 is 29.3 Å². The van der Waals surface area contributed by atoms with Crippen LogP contribution in [0.1, 0.15) is 17.3 Å². The van der Waals surface area contributed by atoms with Crippen molar-refractivity contribution in [1.82, 2.24) is 0 Å². The molecule has 0 heterocycles. The first-order valence-electron chi connectivity index (χ1n) is 6.97. The lowest BCUT2D eigenvalue weighted by Crippen LogP contribution is -2.60. The van der Waals surface area contributed by atoms with E-state index in [1.54, 1.807) is 30.3 Å². The van der Waals surface area contributed by atoms with Crippen LogP contribution in [0.3, 0.4) is 0 Å². The lowest BCUT2D eigenvalue weighted by Gasteiger charge is -2.40. The molecule has 124 valence electrons. The Morgan fingerprint density at radius 2 is 1.91 bits per heavy atom. The Labute approximate surface area is 138 Å². The molecule has 0 fully saturated rings. The predicted molar refractivity (Wildman–Crippen MR) is 82.0 cm³/mol. The molecule has 7 heteroatoms. The van der Waals surface area contributed by atoms with Crippen LogP contribution in [-0.2, 0) is 14.3 Å². The standard InChI is InChI=1S/C16H17ClO6/c1-10(18)23-12-7-8-13(17)16(21,14(12)19)9-22-15(20)11-5-3-2-4-6-11/h2-8,12-14,19,21H,9H2,1H3/t12-,13-,14+,16+/m0/s1. The highest BCUT2D eigenvalue weighted by molar-refractivity contribution is 6.22. The number of rotatable bonds is 4. The van der Waals surface area contributed by atoms with E-state index >= 15 is 0 Å². The summed E-state index contributed by atoms with van der Waals surface area (Å²) in [6.45, 7) is 0.639. The first kappa shape index (κ1) is 17.5. The van der Waals surface area contributed by atoms with E-state index in [2.05, 4.69) is 0 Å². The number of ether oxygens (including phenoxy) is 2. The predicted octanol–water partition coefficient (Wildman–Crippen LogP) is 1.04. The maximum absolute atomic E-state index is 11.9. The van der Waals surface area contributed by atoms with E-state index in [0.29, 0.717) is 5.56 Å². The van der Waals surface area contributed by atoms with Gasteiger partial charge in [0.05, 0.1) is 10.9 Å². The SMILES string of the molecule is CC(=O)O[C@H]1C=C[C@H](Cl)[C@](O)(COC(=O)c2ccccc2)[C@@H]1O. The summed E-state index contributed by atoms with van der Waals surface area (Å²) in [4.78, 5) is 23.0. The van der Waals surface area contributed by atoms with Crippen molar-refractivity contribution in [1.29, 1.82) is 0 Å². The minimum atomic E-state index is -1.97. The second kappa shape index (κ2) is 7.12. The highest BCUT2D eigenvalue weighted by Crippen LogP contribution is 2.31. The summed E-state index contributed by atoms with van der Waals surface area (Å²) >= 11 is 6.02. The molecule has 0 radical (unpaired) electrons. The summed E-state index contributed by atoms with van der Waals surface area (Å²) < 4.78 is 9.96. The fraction of sp³-hybridized carbons (Fsp3) is 0.375. The van der Waals surface area contributed by atoms with Crippen molar-refractivity contribution in [3.8, 4) is 0 Å². The zero-order chi connectivity index (χ0) is 17.0. The summed E-state index contributed by atoms with van der Waals surface area (Å²) in [7, 11) is 0. The average Bonchev–Trinajstić information content (AvgIpc) is 2.54. The molecule has 0 spiro atoms. The number of esters is 2. The molecule has 6 nitrogen and oxygen atoms in total. The van der Waals surface area contributed by atoms with Crippen LogP contribution >= 0.6 is 11.6 Å². The Morgan fingerprint density at radius 1 is 1.26 bits per heavy atom. The molecule has 0 amide bonds. The molecule has 1 aliphatic carbocycles. The number of benzene rings is 1. The van der Waals surface area contributed by atoms with Crippen LogP contribution in [0.5, 0.6) is 0 Å². The molecule has 1 aliphatic rings. The van der Waals surface area contributed by atoms with Gasteiger partial charge in [-0.2, -0.15) is 0 Å². The third-order valence-electron chi connectivity index (χ3n) is 3.52.